The van der Waals surface area contributed by atoms with Gasteiger partial charge in [-0.3, -0.25) is 0 Å². The molecule has 4 heterocycles. The van der Waals surface area contributed by atoms with Crippen molar-refractivity contribution in [2.24, 2.45) is 41.4 Å². The summed E-state index contributed by atoms with van der Waals surface area (Å²) >= 11 is 0. The van der Waals surface area contributed by atoms with E-state index in [0.29, 0.717) is 0 Å². The van der Waals surface area contributed by atoms with Crippen molar-refractivity contribution in [3.8, 4) is 0 Å². The Morgan fingerprint density at radius 1 is 0.683 bits per heavy atom. The van der Waals surface area contributed by atoms with Gasteiger partial charge in [-0.05, 0) is 140 Å². The van der Waals surface area contributed by atoms with Gasteiger partial charge in [-0.15, -0.1) is 0 Å². The highest BCUT2D eigenvalue weighted by Gasteiger charge is 2.17. The molecule has 5 heteroatoms. The average Bonchev–Trinajstić information content (AvgIpc) is 3.66. The van der Waals surface area contributed by atoms with Gasteiger partial charge in [-0.1, -0.05) is 80.9 Å². The van der Waals surface area contributed by atoms with Gasteiger partial charge < -0.3 is 26.2 Å². The summed E-state index contributed by atoms with van der Waals surface area (Å²) in [5.74, 6) is 6.11. The smallest absolute Gasteiger partial charge is 0.0137 e. The van der Waals surface area contributed by atoms with E-state index in [1.165, 1.54) is 84.3 Å². The van der Waals surface area contributed by atoms with E-state index >= 15 is 0 Å². The van der Waals surface area contributed by atoms with Crippen molar-refractivity contribution < 1.29 is 0 Å². The summed E-state index contributed by atoms with van der Waals surface area (Å²) in [4.78, 5) is 2.20. The van der Waals surface area contributed by atoms with Crippen LogP contribution in [-0.4, -0.2) is 77.4 Å². The summed E-state index contributed by atoms with van der Waals surface area (Å²) in [6, 6.07) is 0.815. The maximum absolute atomic E-state index is 3.46. The average molecular weight is 580 g/mol. The van der Waals surface area contributed by atoms with Crippen molar-refractivity contribution in [3.63, 3.8) is 0 Å². The molecule has 4 N–H and O–H groups in total. The second-order valence-corrected chi connectivity index (χ2v) is 14.8. The first kappa shape index (κ1) is 40.5. The normalized spacial score (nSPS) is 22.9. The monoisotopic (exact) mass is 580 g/mol. The molecule has 0 aromatic heterocycles. The van der Waals surface area contributed by atoms with E-state index in [-0.39, 0.29) is 0 Å². The van der Waals surface area contributed by atoms with Crippen LogP contribution in [0.25, 0.3) is 0 Å². The highest BCUT2D eigenvalue weighted by atomic mass is 15.0. The molecule has 0 aromatic rings. The van der Waals surface area contributed by atoms with E-state index in [1.54, 1.807) is 5.57 Å². The van der Waals surface area contributed by atoms with Crippen molar-refractivity contribution in [3.05, 3.63) is 11.6 Å². The number of hydrogen-bond donors (Lipinski definition) is 4. The van der Waals surface area contributed by atoms with Crippen LogP contribution in [0, 0.1) is 41.4 Å². The third-order valence-corrected chi connectivity index (χ3v) is 8.84. The largest absolute Gasteiger partial charge is 0.317 e. The Morgan fingerprint density at radius 2 is 1.27 bits per heavy atom. The Hall–Kier alpha value is -0.460. The van der Waals surface area contributed by atoms with Gasteiger partial charge in [-0.2, -0.15) is 0 Å². The number of piperidine rings is 1. The molecular formula is C36H77N5. The summed E-state index contributed by atoms with van der Waals surface area (Å²) in [5, 5.41) is 13.5. The summed E-state index contributed by atoms with van der Waals surface area (Å²) in [6.07, 6.45) is 10.5. The molecular weight excluding hydrogens is 502 g/mol. The van der Waals surface area contributed by atoms with Gasteiger partial charge >= 0.3 is 0 Å². The first-order chi connectivity index (χ1) is 19.3. The Morgan fingerprint density at radius 3 is 1.51 bits per heavy atom. The minimum atomic E-state index is 0.757. The highest BCUT2D eigenvalue weighted by Crippen LogP contribution is 2.20. The number of nitrogens with zero attached hydrogens (tertiary/aromatic N) is 1. The molecule has 3 fully saturated rings. The van der Waals surface area contributed by atoms with E-state index in [9.17, 15) is 0 Å². The SMILES string of the molecule is CC(C)C1=CCNCC1.CC(C)C1CCCN1.CC(C)C1CCNC1.CC(C)C1CCNCC1.CC(C)CN(C)C. The number of nitrogens with one attached hydrogen (secondary N) is 4. The summed E-state index contributed by atoms with van der Waals surface area (Å²) in [5.41, 5.74) is 1.62. The second kappa shape index (κ2) is 24.9. The summed E-state index contributed by atoms with van der Waals surface area (Å²) < 4.78 is 0. The van der Waals surface area contributed by atoms with Crippen LogP contribution in [0.1, 0.15) is 108 Å². The van der Waals surface area contributed by atoms with E-state index in [0.717, 1.165) is 54.0 Å². The third kappa shape index (κ3) is 22.7. The maximum atomic E-state index is 3.46. The van der Waals surface area contributed by atoms with Gasteiger partial charge in [0.05, 0.1) is 0 Å². The predicted molar refractivity (Wildman–Crippen MR) is 186 cm³/mol. The van der Waals surface area contributed by atoms with Crippen molar-refractivity contribution in [2.75, 3.05) is 66.5 Å². The van der Waals surface area contributed by atoms with Gasteiger partial charge in [0, 0.05) is 12.6 Å². The van der Waals surface area contributed by atoms with E-state index in [4.69, 9.17) is 0 Å². The van der Waals surface area contributed by atoms with Crippen molar-refractivity contribution in [1.29, 1.82) is 0 Å². The molecule has 5 nitrogen and oxygen atoms in total. The molecule has 4 aliphatic rings. The van der Waals surface area contributed by atoms with Gasteiger partial charge in [0.15, 0.2) is 0 Å². The van der Waals surface area contributed by atoms with Crippen LogP contribution in [-0.2, 0) is 0 Å². The lowest BCUT2D eigenvalue weighted by atomic mass is 9.87. The molecule has 4 aliphatic heterocycles. The van der Waals surface area contributed by atoms with E-state index in [2.05, 4.69) is 116 Å². The molecule has 41 heavy (non-hydrogen) atoms. The Bertz CT molecular complexity index is 567. The molecule has 2 atom stereocenters. The standard InChI is InChI=1S/C8H17N.C8H15N.2C7H15N.C6H15N/c2*1-7(2)8-3-5-9-6-4-8;1-6(2)7-3-4-8-5-7;1-6(2)7-4-3-5-8-7;1-6(2)5-7(3)4/h7-9H,3-6H2,1-2H3;3,7,9H,4-6H2,1-2H3;2*6-8H,3-5H2,1-2H3;6H,5H2,1-4H3. The fourth-order valence-corrected chi connectivity index (χ4v) is 5.93. The Labute approximate surface area is 259 Å². The van der Waals surface area contributed by atoms with Crippen molar-refractivity contribution >= 4 is 0 Å². The lowest BCUT2D eigenvalue weighted by Gasteiger charge is -2.25. The van der Waals surface area contributed by atoms with Crippen molar-refractivity contribution in [2.45, 2.75) is 114 Å². The van der Waals surface area contributed by atoms with Crippen LogP contribution < -0.4 is 21.3 Å². The Balaban J connectivity index is 0.000000490. The lowest BCUT2D eigenvalue weighted by molar-refractivity contribution is 0.292. The highest BCUT2D eigenvalue weighted by molar-refractivity contribution is 5.08. The maximum Gasteiger partial charge on any atom is 0.0137 e. The topological polar surface area (TPSA) is 51.4 Å². The quantitative estimate of drug-likeness (QED) is 0.254. The molecule has 0 bridgehead atoms. The zero-order chi connectivity index (χ0) is 31.2. The van der Waals surface area contributed by atoms with E-state index < -0.39 is 0 Å². The molecule has 3 saturated heterocycles. The lowest BCUT2D eigenvalue weighted by Crippen LogP contribution is -2.29. The zero-order valence-electron chi connectivity index (χ0n) is 30.0. The molecule has 0 aromatic carbocycles. The minimum absolute atomic E-state index is 0.757. The summed E-state index contributed by atoms with van der Waals surface area (Å²) in [6.45, 7) is 32.4. The molecule has 0 saturated carbocycles. The van der Waals surface area contributed by atoms with Crippen LogP contribution in [0.5, 0.6) is 0 Å². The Kier molecular flexibility index (Phi) is 24.6. The number of rotatable bonds is 6. The zero-order valence-corrected chi connectivity index (χ0v) is 30.0. The molecule has 0 aliphatic carbocycles. The van der Waals surface area contributed by atoms with Gasteiger partial charge in [0.2, 0.25) is 0 Å². The summed E-state index contributed by atoms with van der Waals surface area (Å²) in [7, 11) is 4.19. The molecule has 0 spiro atoms. The van der Waals surface area contributed by atoms with Crippen LogP contribution in [0.4, 0.5) is 0 Å². The molecule has 4 rings (SSSR count). The van der Waals surface area contributed by atoms with Gasteiger partial charge in [-0.25, -0.2) is 0 Å². The fourth-order valence-electron chi connectivity index (χ4n) is 5.93. The van der Waals surface area contributed by atoms with Crippen LogP contribution >= 0.6 is 0 Å². The first-order valence-electron chi connectivity index (χ1n) is 17.5. The molecule has 0 amide bonds. The van der Waals surface area contributed by atoms with Crippen LogP contribution in [0.3, 0.4) is 0 Å². The molecule has 246 valence electrons. The first-order valence-corrected chi connectivity index (χ1v) is 17.5. The van der Waals surface area contributed by atoms with Gasteiger partial charge in [0.1, 0.15) is 0 Å². The third-order valence-electron chi connectivity index (χ3n) is 8.84. The predicted octanol–water partition coefficient (Wildman–Crippen LogP) is 7.05. The van der Waals surface area contributed by atoms with Crippen LogP contribution in [0.15, 0.2) is 11.6 Å². The second-order valence-electron chi connectivity index (χ2n) is 14.8. The molecule has 0 radical (unpaired) electrons. The fraction of sp³-hybridized carbons (Fsp3) is 0.944. The number of hydrogen-bond acceptors (Lipinski definition) is 5. The van der Waals surface area contributed by atoms with Crippen LogP contribution in [0.2, 0.25) is 0 Å². The van der Waals surface area contributed by atoms with Gasteiger partial charge in [0.25, 0.3) is 0 Å². The van der Waals surface area contributed by atoms with Crippen molar-refractivity contribution in [1.82, 2.24) is 26.2 Å². The van der Waals surface area contributed by atoms with E-state index in [1.807, 2.05) is 0 Å². The molecule has 2 unspecified atom stereocenters. The minimum Gasteiger partial charge on any atom is -0.317 e.